The van der Waals surface area contributed by atoms with Gasteiger partial charge in [-0.05, 0) is 42.8 Å². The van der Waals surface area contributed by atoms with Crippen molar-refractivity contribution in [2.45, 2.75) is 24.8 Å². The summed E-state index contributed by atoms with van der Waals surface area (Å²) in [6.45, 7) is 3.75. The van der Waals surface area contributed by atoms with E-state index in [1.807, 2.05) is 22.8 Å². The van der Waals surface area contributed by atoms with Crippen LogP contribution in [0.1, 0.15) is 23.7 Å². The largest absolute Gasteiger partial charge is 0.486 e. The third-order valence-corrected chi connectivity index (χ3v) is 8.71. The Hall–Kier alpha value is -3.63. The summed E-state index contributed by atoms with van der Waals surface area (Å²) in [4.78, 5) is 18.1. The quantitative estimate of drug-likeness (QED) is 0.373. The zero-order valence-electron chi connectivity index (χ0n) is 19.9. The van der Waals surface area contributed by atoms with Crippen molar-refractivity contribution in [3.05, 3.63) is 77.1 Å². The van der Waals surface area contributed by atoms with Crippen LogP contribution < -0.4 is 18.6 Å². The zero-order valence-corrected chi connectivity index (χ0v) is 21.5. The average Bonchev–Trinajstić information content (AvgIpc) is 3.23. The van der Waals surface area contributed by atoms with E-state index in [4.69, 9.17) is 9.47 Å². The van der Waals surface area contributed by atoms with Gasteiger partial charge in [0.1, 0.15) is 13.2 Å². The molecule has 5 rings (SSSR count). The van der Waals surface area contributed by atoms with Crippen molar-refractivity contribution in [3.63, 3.8) is 0 Å². The van der Waals surface area contributed by atoms with Crippen LogP contribution in [0.3, 0.4) is 0 Å². The number of hydrogen-bond acceptors (Lipinski definition) is 6. The number of sulfonamides is 1. The summed E-state index contributed by atoms with van der Waals surface area (Å²) in [5.41, 5.74) is 1.79. The van der Waals surface area contributed by atoms with E-state index in [-0.39, 0.29) is 4.90 Å². The number of fused-ring (bicyclic) bond motifs is 2. The van der Waals surface area contributed by atoms with Crippen LogP contribution >= 0.6 is 11.3 Å². The molecule has 0 fully saturated rings. The molecule has 0 saturated carbocycles. The number of thiazole rings is 1. The molecule has 0 N–H and O–H groups in total. The molecule has 3 aromatic carbocycles. The number of benzene rings is 3. The Morgan fingerprint density at radius 3 is 2.36 bits per heavy atom. The highest BCUT2D eigenvalue weighted by atomic mass is 32.2. The van der Waals surface area contributed by atoms with Crippen LogP contribution in [0.4, 0.5) is 5.69 Å². The number of aryl methyl sites for hydroxylation is 1. The summed E-state index contributed by atoms with van der Waals surface area (Å²) in [7, 11) is -2.27. The molecule has 0 atom stereocenters. The number of rotatable bonds is 6. The molecule has 0 unspecified atom stereocenters. The second kappa shape index (κ2) is 9.79. The highest BCUT2D eigenvalue weighted by Gasteiger charge is 2.22. The maximum absolute atomic E-state index is 13.0. The molecule has 36 heavy (non-hydrogen) atoms. The van der Waals surface area contributed by atoms with Gasteiger partial charge in [-0.1, -0.05) is 36.5 Å². The summed E-state index contributed by atoms with van der Waals surface area (Å²) in [6.07, 6.45) is 0.864. The Labute approximate surface area is 213 Å². The van der Waals surface area contributed by atoms with Gasteiger partial charge in [0.25, 0.3) is 15.9 Å². The number of hydrogen-bond donors (Lipinski definition) is 0. The molecule has 0 spiro atoms. The number of amides is 1. The van der Waals surface area contributed by atoms with Crippen molar-refractivity contribution in [1.82, 2.24) is 4.57 Å². The second-order valence-electron chi connectivity index (χ2n) is 8.25. The highest BCUT2D eigenvalue weighted by Crippen LogP contribution is 2.35. The summed E-state index contributed by atoms with van der Waals surface area (Å²) in [6, 6.07) is 18.5. The first-order chi connectivity index (χ1) is 17.4. The van der Waals surface area contributed by atoms with E-state index in [0.717, 1.165) is 16.6 Å². The molecule has 1 aliphatic rings. The Kier molecular flexibility index (Phi) is 6.55. The molecule has 186 valence electrons. The van der Waals surface area contributed by atoms with E-state index in [9.17, 15) is 13.2 Å². The van der Waals surface area contributed by atoms with E-state index in [1.165, 1.54) is 47.0 Å². The normalized spacial score (nSPS) is 13.7. The van der Waals surface area contributed by atoms with Crippen molar-refractivity contribution in [2.24, 2.45) is 4.99 Å². The number of nitrogens with zero attached hydrogens (tertiary/aromatic N) is 3. The van der Waals surface area contributed by atoms with Gasteiger partial charge in [-0.25, -0.2) is 8.42 Å². The van der Waals surface area contributed by atoms with Crippen molar-refractivity contribution < 1.29 is 22.7 Å². The maximum Gasteiger partial charge on any atom is 0.279 e. The first kappa shape index (κ1) is 24.1. The third kappa shape index (κ3) is 4.49. The SMILES string of the molecule is CCCn1c(=NC(=O)c2ccc(S(=O)(=O)N(C)c3ccccc3)cc2)sc2cc3c(cc21)OCCO3. The molecule has 0 radical (unpaired) electrons. The van der Waals surface area contributed by atoms with E-state index in [1.54, 1.807) is 24.3 Å². The third-order valence-electron chi connectivity index (χ3n) is 5.87. The highest BCUT2D eigenvalue weighted by molar-refractivity contribution is 7.92. The van der Waals surface area contributed by atoms with Gasteiger partial charge in [-0.15, -0.1) is 0 Å². The molecule has 1 aromatic heterocycles. The lowest BCUT2D eigenvalue weighted by Gasteiger charge is -2.19. The lowest BCUT2D eigenvalue weighted by molar-refractivity contribution is 0.0997. The number of aromatic nitrogens is 1. The molecule has 0 bridgehead atoms. The molecule has 0 saturated heterocycles. The van der Waals surface area contributed by atoms with Crippen LogP contribution in [0.2, 0.25) is 0 Å². The topological polar surface area (TPSA) is 90.2 Å². The minimum absolute atomic E-state index is 0.0962. The fourth-order valence-electron chi connectivity index (χ4n) is 3.99. The van der Waals surface area contributed by atoms with Crippen LogP contribution in [-0.2, 0) is 16.6 Å². The molecule has 1 aliphatic heterocycles. The smallest absolute Gasteiger partial charge is 0.279 e. The Morgan fingerprint density at radius 2 is 1.69 bits per heavy atom. The predicted octanol–water partition coefficient (Wildman–Crippen LogP) is 4.45. The maximum atomic E-state index is 13.0. The minimum Gasteiger partial charge on any atom is -0.486 e. The lowest BCUT2D eigenvalue weighted by atomic mass is 10.2. The Morgan fingerprint density at radius 1 is 1.03 bits per heavy atom. The van der Waals surface area contributed by atoms with E-state index in [0.29, 0.717) is 47.3 Å². The Bertz CT molecular complexity index is 1590. The lowest BCUT2D eigenvalue weighted by Crippen LogP contribution is -2.26. The van der Waals surface area contributed by atoms with Crippen LogP contribution in [0.15, 0.2) is 76.6 Å². The van der Waals surface area contributed by atoms with Crippen LogP contribution in [0.25, 0.3) is 10.2 Å². The van der Waals surface area contributed by atoms with Gasteiger partial charge in [0.2, 0.25) is 0 Å². The van der Waals surface area contributed by atoms with Gasteiger partial charge in [-0.3, -0.25) is 9.10 Å². The van der Waals surface area contributed by atoms with Crippen LogP contribution in [-0.4, -0.2) is 39.2 Å². The summed E-state index contributed by atoms with van der Waals surface area (Å²) in [5, 5.41) is 0. The van der Waals surface area contributed by atoms with Gasteiger partial charge < -0.3 is 14.0 Å². The number of para-hydroxylation sites is 1. The minimum atomic E-state index is -3.77. The number of carbonyl (C=O) groups excluding carboxylic acids is 1. The molecule has 0 aliphatic carbocycles. The van der Waals surface area contributed by atoms with Gasteiger partial charge in [0, 0.05) is 31.3 Å². The first-order valence-corrected chi connectivity index (χ1v) is 13.8. The van der Waals surface area contributed by atoms with Gasteiger partial charge >= 0.3 is 0 Å². The molecule has 2 heterocycles. The molecular formula is C26H25N3O5S2. The predicted molar refractivity (Wildman–Crippen MR) is 139 cm³/mol. The zero-order chi connectivity index (χ0) is 25.3. The molecule has 10 heteroatoms. The van der Waals surface area contributed by atoms with Crippen LogP contribution in [0, 0.1) is 0 Å². The van der Waals surface area contributed by atoms with Crippen molar-refractivity contribution in [1.29, 1.82) is 0 Å². The van der Waals surface area contributed by atoms with E-state index >= 15 is 0 Å². The molecule has 1 amide bonds. The fourth-order valence-corrected chi connectivity index (χ4v) is 6.25. The van der Waals surface area contributed by atoms with Gasteiger partial charge in [0.05, 0.1) is 20.8 Å². The second-order valence-corrected chi connectivity index (χ2v) is 11.2. The fraction of sp³-hybridized carbons (Fsp3) is 0.231. The monoisotopic (exact) mass is 523 g/mol. The van der Waals surface area contributed by atoms with E-state index in [2.05, 4.69) is 11.9 Å². The molecular weight excluding hydrogens is 498 g/mol. The van der Waals surface area contributed by atoms with Crippen molar-refractivity contribution in [2.75, 3.05) is 24.6 Å². The average molecular weight is 524 g/mol. The van der Waals surface area contributed by atoms with E-state index < -0.39 is 15.9 Å². The number of anilines is 1. The number of ether oxygens (including phenoxy) is 2. The first-order valence-electron chi connectivity index (χ1n) is 11.5. The summed E-state index contributed by atoms with van der Waals surface area (Å²) in [5.74, 6) is 0.935. The van der Waals surface area contributed by atoms with Crippen molar-refractivity contribution in [3.8, 4) is 11.5 Å². The number of carbonyl (C=O) groups is 1. The van der Waals surface area contributed by atoms with Crippen LogP contribution in [0.5, 0.6) is 11.5 Å². The summed E-state index contributed by atoms with van der Waals surface area (Å²) >= 11 is 1.41. The van der Waals surface area contributed by atoms with Gasteiger partial charge in [-0.2, -0.15) is 4.99 Å². The standard InChI is InChI=1S/C26H25N3O5S2/c1-3-13-29-21-16-22-23(34-15-14-33-22)17-24(21)35-26(29)27-25(30)18-9-11-20(12-10-18)36(31,32)28(2)19-7-5-4-6-8-19/h4-12,16-17H,3,13-15H2,1-2H3. The summed E-state index contributed by atoms with van der Waals surface area (Å²) < 4.78 is 41.6. The molecule has 8 nitrogen and oxygen atoms in total. The Balaban J connectivity index is 1.47. The van der Waals surface area contributed by atoms with Crippen molar-refractivity contribution >= 4 is 43.2 Å². The molecule has 4 aromatic rings. The van der Waals surface area contributed by atoms with Gasteiger partial charge in [0.15, 0.2) is 16.3 Å².